The summed E-state index contributed by atoms with van der Waals surface area (Å²) >= 11 is 5.22. The number of nitrogens with one attached hydrogen (secondary N) is 1. The molecule has 1 aromatic rings. The molecule has 0 saturated heterocycles. The fourth-order valence-corrected chi connectivity index (χ4v) is 3.35. The van der Waals surface area contributed by atoms with Gasteiger partial charge in [0, 0.05) is 16.9 Å². The van der Waals surface area contributed by atoms with Crippen LogP contribution in [0.5, 0.6) is 5.75 Å². The predicted octanol–water partition coefficient (Wildman–Crippen LogP) is 4.11. The highest BCUT2D eigenvalue weighted by atomic mass is 79.9. The molecule has 1 rings (SSSR count). The third-order valence-corrected chi connectivity index (χ3v) is 5.91. The zero-order valence-corrected chi connectivity index (χ0v) is 14.9. The highest BCUT2D eigenvalue weighted by Crippen LogP contribution is 2.30. The maximum absolute atomic E-state index is 12.2. The summed E-state index contributed by atoms with van der Waals surface area (Å²) < 4.78 is 6.08. The number of methoxy groups -OCH3 is 1. The van der Waals surface area contributed by atoms with Gasteiger partial charge in [0.1, 0.15) is 5.75 Å². The van der Waals surface area contributed by atoms with E-state index in [9.17, 15) is 4.79 Å². The van der Waals surface area contributed by atoms with Crippen molar-refractivity contribution in [2.45, 2.75) is 31.4 Å². The van der Waals surface area contributed by atoms with Crippen LogP contribution in [-0.4, -0.2) is 30.6 Å². The van der Waals surface area contributed by atoms with Crippen molar-refractivity contribution in [1.82, 2.24) is 5.32 Å². The summed E-state index contributed by atoms with van der Waals surface area (Å²) in [5.41, 5.74) is 0.639. The molecule has 0 fully saturated rings. The molecule has 0 bridgehead atoms. The SMILES string of the molecule is CCC(CC)(CNC(=O)c1ccc(OC)c(Br)c1)SC. The standard InChI is InChI=1S/C15H22BrNO2S/c1-5-15(6-2,20-4)10-17-14(18)11-7-8-13(19-3)12(16)9-11/h7-9H,5-6,10H2,1-4H3,(H,17,18). The third-order valence-electron chi connectivity index (χ3n) is 3.71. The first-order chi connectivity index (χ1) is 9.51. The lowest BCUT2D eigenvalue weighted by molar-refractivity contribution is 0.0949. The lowest BCUT2D eigenvalue weighted by Gasteiger charge is -2.29. The molecule has 1 N–H and O–H groups in total. The number of carbonyl (C=O) groups is 1. The Bertz CT molecular complexity index is 453. The summed E-state index contributed by atoms with van der Waals surface area (Å²) in [5.74, 6) is 0.677. The zero-order valence-electron chi connectivity index (χ0n) is 12.5. The van der Waals surface area contributed by atoms with E-state index >= 15 is 0 Å². The fraction of sp³-hybridized carbons (Fsp3) is 0.533. The van der Waals surface area contributed by atoms with Crippen LogP contribution in [0.25, 0.3) is 0 Å². The van der Waals surface area contributed by atoms with Gasteiger partial charge in [0.25, 0.3) is 5.91 Å². The highest BCUT2D eigenvalue weighted by Gasteiger charge is 2.25. The minimum atomic E-state index is -0.0475. The number of ether oxygens (including phenoxy) is 1. The number of carbonyl (C=O) groups excluding carboxylic acids is 1. The van der Waals surface area contributed by atoms with Crippen molar-refractivity contribution in [3.05, 3.63) is 28.2 Å². The molecular weight excluding hydrogens is 338 g/mol. The molecule has 5 heteroatoms. The largest absolute Gasteiger partial charge is 0.496 e. The van der Waals surface area contributed by atoms with Crippen LogP contribution < -0.4 is 10.1 Å². The molecule has 0 aliphatic carbocycles. The maximum atomic E-state index is 12.2. The summed E-state index contributed by atoms with van der Waals surface area (Å²) in [6.07, 6.45) is 4.18. The van der Waals surface area contributed by atoms with E-state index in [4.69, 9.17) is 4.74 Å². The first-order valence-electron chi connectivity index (χ1n) is 6.68. The van der Waals surface area contributed by atoms with E-state index in [0.717, 1.165) is 23.1 Å². The van der Waals surface area contributed by atoms with Crippen LogP contribution in [0.2, 0.25) is 0 Å². The number of hydrogen-bond acceptors (Lipinski definition) is 3. The van der Waals surface area contributed by atoms with Crippen molar-refractivity contribution < 1.29 is 9.53 Å². The van der Waals surface area contributed by atoms with Gasteiger partial charge in [-0.05, 0) is 53.2 Å². The van der Waals surface area contributed by atoms with Crippen molar-refractivity contribution in [2.24, 2.45) is 0 Å². The first-order valence-corrected chi connectivity index (χ1v) is 8.70. The molecule has 0 heterocycles. The minimum Gasteiger partial charge on any atom is -0.496 e. The average Bonchev–Trinajstić information content (AvgIpc) is 2.49. The molecule has 0 aliphatic rings. The Kier molecular flexibility index (Phi) is 6.89. The van der Waals surface area contributed by atoms with Gasteiger partial charge in [-0.2, -0.15) is 11.8 Å². The molecule has 0 unspecified atom stereocenters. The summed E-state index contributed by atoms with van der Waals surface area (Å²) in [4.78, 5) is 12.2. The number of thioether (sulfide) groups is 1. The lowest BCUT2D eigenvalue weighted by Crippen LogP contribution is -2.39. The Labute approximate surface area is 134 Å². The van der Waals surface area contributed by atoms with Crippen LogP contribution in [0.15, 0.2) is 22.7 Å². The maximum Gasteiger partial charge on any atom is 0.251 e. The second kappa shape index (κ2) is 7.93. The van der Waals surface area contributed by atoms with E-state index < -0.39 is 0 Å². The molecule has 1 amide bonds. The smallest absolute Gasteiger partial charge is 0.251 e. The fourth-order valence-electron chi connectivity index (χ4n) is 2.01. The molecule has 112 valence electrons. The van der Waals surface area contributed by atoms with Gasteiger partial charge >= 0.3 is 0 Å². The van der Waals surface area contributed by atoms with Crippen molar-refractivity contribution >= 4 is 33.6 Å². The molecule has 0 radical (unpaired) electrons. The van der Waals surface area contributed by atoms with Crippen molar-refractivity contribution in [3.8, 4) is 5.75 Å². The van der Waals surface area contributed by atoms with Crippen LogP contribution in [0.3, 0.4) is 0 Å². The van der Waals surface area contributed by atoms with Crippen molar-refractivity contribution in [2.75, 3.05) is 19.9 Å². The zero-order chi connectivity index (χ0) is 15.2. The van der Waals surface area contributed by atoms with Crippen LogP contribution in [0.1, 0.15) is 37.0 Å². The van der Waals surface area contributed by atoms with Crippen LogP contribution in [0, 0.1) is 0 Å². The average molecular weight is 360 g/mol. The van der Waals surface area contributed by atoms with E-state index in [1.807, 2.05) is 11.8 Å². The number of hydrogen-bond donors (Lipinski definition) is 1. The number of rotatable bonds is 7. The molecule has 0 spiro atoms. The monoisotopic (exact) mass is 359 g/mol. The first kappa shape index (κ1) is 17.4. The van der Waals surface area contributed by atoms with E-state index in [-0.39, 0.29) is 10.7 Å². The van der Waals surface area contributed by atoms with Gasteiger partial charge in [0.05, 0.1) is 11.6 Å². The number of amides is 1. The van der Waals surface area contributed by atoms with Crippen molar-refractivity contribution in [3.63, 3.8) is 0 Å². The Morgan fingerprint density at radius 3 is 2.50 bits per heavy atom. The third kappa shape index (κ3) is 4.16. The molecular formula is C15H22BrNO2S. The van der Waals surface area contributed by atoms with Gasteiger partial charge < -0.3 is 10.1 Å². The van der Waals surface area contributed by atoms with Crippen molar-refractivity contribution in [1.29, 1.82) is 0 Å². The molecule has 1 aromatic carbocycles. The second-order valence-electron chi connectivity index (χ2n) is 4.63. The van der Waals surface area contributed by atoms with E-state index in [1.165, 1.54) is 0 Å². The Balaban J connectivity index is 2.74. The van der Waals surface area contributed by atoms with Gasteiger partial charge in [-0.25, -0.2) is 0 Å². The van der Waals surface area contributed by atoms with E-state index in [0.29, 0.717) is 12.1 Å². The van der Waals surface area contributed by atoms with Gasteiger partial charge in [0.2, 0.25) is 0 Å². The van der Waals surface area contributed by atoms with Crippen LogP contribution >= 0.6 is 27.7 Å². The Hall–Kier alpha value is -0.680. The van der Waals surface area contributed by atoms with Gasteiger partial charge in [-0.15, -0.1) is 0 Å². The Morgan fingerprint density at radius 1 is 1.40 bits per heavy atom. The molecule has 0 atom stereocenters. The summed E-state index contributed by atoms with van der Waals surface area (Å²) in [5, 5.41) is 3.04. The quantitative estimate of drug-likeness (QED) is 0.795. The predicted molar refractivity (Wildman–Crippen MR) is 89.9 cm³/mol. The molecule has 0 aromatic heterocycles. The van der Waals surface area contributed by atoms with Crippen LogP contribution in [0.4, 0.5) is 0 Å². The molecule has 0 saturated carbocycles. The van der Waals surface area contributed by atoms with E-state index in [1.54, 1.807) is 25.3 Å². The normalized spacial score (nSPS) is 11.2. The number of halogens is 1. The lowest BCUT2D eigenvalue weighted by atomic mass is 10.0. The molecule has 3 nitrogen and oxygen atoms in total. The van der Waals surface area contributed by atoms with E-state index in [2.05, 4.69) is 41.3 Å². The molecule has 20 heavy (non-hydrogen) atoms. The summed E-state index contributed by atoms with van der Waals surface area (Å²) in [7, 11) is 1.61. The second-order valence-corrected chi connectivity index (χ2v) is 6.75. The molecule has 0 aliphatic heterocycles. The summed E-state index contributed by atoms with van der Waals surface area (Å²) in [6, 6.07) is 5.35. The van der Waals surface area contributed by atoms with Gasteiger partial charge in [-0.3, -0.25) is 4.79 Å². The summed E-state index contributed by atoms with van der Waals surface area (Å²) in [6.45, 7) is 5.01. The highest BCUT2D eigenvalue weighted by molar-refractivity contribution is 9.10. The van der Waals surface area contributed by atoms with Crippen LogP contribution in [-0.2, 0) is 0 Å². The Morgan fingerprint density at radius 2 is 2.05 bits per heavy atom. The topological polar surface area (TPSA) is 38.3 Å². The van der Waals surface area contributed by atoms with Gasteiger partial charge in [-0.1, -0.05) is 13.8 Å². The van der Waals surface area contributed by atoms with Gasteiger partial charge in [0.15, 0.2) is 0 Å². The number of benzene rings is 1. The minimum absolute atomic E-state index is 0.0475.